The number of carbonyl (C=O) groups is 1. The molecule has 2 aromatic rings. The third-order valence-electron chi connectivity index (χ3n) is 3.44. The summed E-state index contributed by atoms with van der Waals surface area (Å²) in [7, 11) is 2.88. The van der Waals surface area contributed by atoms with Gasteiger partial charge in [0, 0.05) is 11.4 Å². The topological polar surface area (TPSA) is 72.0 Å². The quantitative estimate of drug-likeness (QED) is 0.451. The number of methoxy groups -OCH3 is 2. The predicted octanol–water partition coefficient (Wildman–Crippen LogP) is 2.80. The van der Waals surface area contributed by atoms with E-state index in [1.54, 1.807) is 23.5 Å². The van der Waals surface area contributed by atoms with Crippen LogP contribution in [0.25, 0.3) is 0 Å². The van der Waals surface area contributed by atoms with Crippen molar-refractivity contribution >= 4 is 23.3 Å². The first kappa shape index (κ1) is 18.8. The molecular formula is C18H23N3O3S. The predicted molar refractivity (Wildman–Crippen MR) is 100 cm³/mol. The number of guanidine groups is 1. The lowest BCUT2D eigenvalue weighted by Crippen LogP contribution is -2.36. The summed E-state index contributed by atoms with van der Waals surface area (Å²) < 4.78 is 10.0. The number of hydrogen-bond donors (Lipinski definition) is 2. The summed E-state index contributed by atoms with van der Waals surface area (Å²) in [5.41, 5.74) is 1.30. The van der Waals surface area contributed by atoms with Crippen LogP contribution in [0.4, 0.5) is 0 Å². The summed E-state index contributed by atoms with van der Waals surface area (Å²) in [5.74, 6) is 0.791. The SMILES string of the molecule is CCNC(=NCc1ccc(OC)c(C(=O)OC)c1)NCc1cccs1. The molecule has 0 saturated heterocycles. The van der Waals surface area contributed by atoms with Gasteiger partial charge in [0.15, 0.2) is 5.96 Å². The molecule has 2 N–H and O–H groups in total. The molecule has 1 aromatic heterocycles. The van der Waals surface area contributed by atoms with Crippen LogP contribution in [-0.2, 0) is 17.8 Å². The van der Waals surface area contributed by atoms with Gasteiger partial charge in [-0.2, -0.15) is 0 Å². The lowest BCUT2D eigenvalue weighted by molar-refractivity contribution is 0.0597. The number of rotatable bonds is 7. The van der Waals surface area contributed by atoms with E-state index in [0.29, 0.717) is 17.9 Å². The zero-order chi connectivity index (χ0) is 18.1. The molecule has 0 saturated carbocycles. The number of hydrogen-bond acceptors (Lipinski definition) is 5. The van der Waals surface area contributed by atoms with Gasteiger partial charge in [0.25, 0.3) is 0 Å². The number of nitrogens with zero attached hydrogens (tertiary/aromatic N) is 1. The smallest absolute Gasteiger partial charge is 0.341 e. The number of ether oxygens (including phenoxy) is 2. The van der Waals surface area contributed by atoms with Crippen molar-refractivity contribution in [1.82, 2.24) is 10.6 Å². The van der Waals surface area contributed by atoms with Gasteiger partial charge in [0.05, 0.1) is 27.3 Å². The first-order valence-corrected chi connectivity index (χ1v) is 8.85. The van der Waals surface area contributed by atoms with Gasteiger partial charge in [-0.25, -0.2) is 9.79 Å². The van der Waals surface area contributed by atoms with Gasteiger partial charge >= 0.3 is 5.97 Å². The van der Waals surface area contributed by atoms with Gasteiger partial charge in [-0.05, 0) is 36.1 Å². The highest BCUT2D eigenvalue weighted by atomic mass is 32.1. The minimum Gasteiger partial charge on any atom is -0.496 e. The van der Waals surface area contributed by atoms with Crippen molar-refractivity contribution in [1.29, 1.82) is 0 Å². The molecule has 0 radical (unpaired) electrons. The number of carbonyl (C=O) groups excluding carboxylic acids is 1. The van der Waals surface area contributed by atoms with Crippen LogP contribution in [0.5, 0.6) is 5.75 Å². The molecule has 7 heteroatoms. The van der Waals surface area contributed by atoms with E-state index in [-0.39, 0.29) is 0 Å². The van der Waals surface area contributed by atoms with Gasteiger partial charge in [-0.3, -0.25) is 0 Å². The molecule has 1 heterocycles. The Bertz CT molecular complexity index is 714. The Hall–Kier alpha value is -2.54. The standard InChI is InChI=1S/C18H23N3O3S/c1-4-19-18(21-12-14-6-5-9-25-14)20-11-13-7-8-16(23-2)15(10-13)17(22)24-3/h5-10H,4,11-12H2,1-3H3,(H2,19,20,21). The minimum absolute atomic E-state index is 0.397. The van der Waals surface area contributed by atoms with Crippen molar-refractivity contribution < 1.29 is 14.3 Å². The molecule has 6 nitrogen and oxygen atoms in total. The molecule has 0 fully saturated rings. The third kappa shape index (κ3) is 5.49. The highest BCUT2D eigenvalue weighted by molar-refractivity contribution is 7.09. The largest absolute Gasteiger partial charge is 0.496 e. The van der Waals surface area contributed by atoms with Gasteiger partial charge in [0.2, 0.25) is 0 Å². The molecular weight excluding hydrogens is 338 g/mol. The Kier molecular flexibility index (Phi) is 7.28. The normalized spacial score (nSPS) is 11.1. The van der Waals surface area contributed by atoms with E-state index < -0.39 is 5.97 Å². The summed E-state index contributed by atoms with van der Waals surface area (Å²) >= 11 is 1.70. The highest BCUT2D eigenvalue weighted by Crippen LogP contribution is 2.21. The maximum absolute atomic E-state index is 11.9. The molecule has 0 aliphatic rings. The van der Waals surface area contributed by atoms with Crippen molar-refractivity contribution in [3.05, 3.63) is 51.7 Å². The molecule has 2 rings (SSSR count). The van der Waals surface area contributed by atoms with Gasteiger partial charge in [-0.1, -0.05) is 12.1 Å². The minimum atomic E-state index is -0.426. The maximum Gasteiger partial charge on any atom is 0.341 e. The maximum atomic E-state index is 11.9. The Morgan fingerprint density at radius 1 is 1.24 bits per heavy atom. The Morgan fingerprint density at radius 2 is 2.08 bits per heavy atom. The van der Waals surface area contributed by atoms with Crippen LogP contribution >= 0.6 is 11.3 Å². The van der Waals surface area contributed by atoms with Gasteiger partial charge < -0.3 is 20.1 Å². The zero-order valence-corrected chi connectivity index (χ0v) is 15.5. The molecule has 1 aromatic carbocycles. The highest BCUT2D eigenvalue weighted by Gasteiger charge is 2.13. The molecule has 25 heavy (non-hydrogen) atoms. The second-order valence-electron chi connectivity index (χ2n) is 5.15. The average molecular weight is 361 g/mol. The first-order valence-electron chi connectivity index (χ1n) is 7.97. The van der Waals surface area contributed by atoms with E-state index in [1.807, 2.05) is 24.4 Å². The summed E-state index contributed by atoms with van der Waals surface area (Å²) in [6, 6.07) is 9.49. The Morgan fingerprint density at radius 3 is 2.72 bits per heavy atom. The fraction of sp³-hybridized carbons (Fsp3) is 0.333. The van der Waals surface area contributed by atoms with Crippen LogP contribution < -0.4 is 15.4 Å². The Balaban J connectivity index is 2.09. The van der Waals surface area contributed by atoms with Crippen LogP contribution in [0.1, 0.15) is 27.7 Å². The second kappa shape index (κ2) is 9.68. The first-order chi connectivity index (χ1) is 12.2. The number of esters is 1. The monoisotopic (exact) mass is 361 g/mol. The van der Waals surface area contributed by atoms with Crippen LogP contribution in [0.15, 0.2) is 40.7 Å². The van der Waals surface area contributed by atoms with E-state index in [2.05, 4.69) is 21.7 Å². The molecule has 0 bridgehead atoms. The lowest BCUT2D eigenvalue weighted by Gasteiger charge is -2.11. The number of aliphatic imine (C=N–C) groups is 1. The zero-order valence-electron chi connectivity index (χ0n) is 14.7. The van der Waals surface area contributed by atoms with Crippen molar-refractivity contribution in [3.63, 3.8) is 0 Å². The third-order valence-corrected chi connectivity index (χ3v) is 4.32. The van der Waals surface area contributed by atoms with Crippen LogP contribution in [-0.4, -0.2) is 32.7 Å². The molecule has 0 aliphatic carbocycles. The fourth-order valence-corrected chi connectivity index (χ4v) is 2.86. The number of thiophene rings is 1. The molecule has 0 unspecified atom stereocenters. The van der Waals surface area contributed by atoms with Crippen molar-refractivity contribution in [2.45, 2.75) is 20.0 Å². The van der Waals surface area contributed by atoms with Gasteiger partial charge in [-0.15, -0.1) is 11.3 Å². The van der Waals surface area contributed by atoms with Crippen molar-refractivity contribution in [2.75, 3.05) is 20.8 Å². The van der Waals surface area contributed by atoms with Crippen LogP contribution in [0, 0.1) is 0 Å². The van der Waals surface area contributed by atoms with E-state index in [4.69, 9.17) is 9.47 Å². The van der Waals surface area contributed by atoms with E-state index >= 15 is 0 Å². The average Bonchev–Trinajstić information content (AvgIpc) is 3.16. The van der Waals surface area contributed by atoms with Gasteiger partial charge in [0.1, 0.15) is 11.3 Å². The summed E-state index contributed by atoms with van der Waals surface area (Å²) in [4.78, 5) is 17.7. The Labute approximate surface area is 151 Å². The van der Waals surface area contributed by atoms with Crippen LogP contribution in [0.3, 0.4) is 0 Å². The molecule has 0 atom stereocenters. The van der Waals surface area contributed by atoms with Crippen molar-refractivity contribution in [3.8, 4) is 5.75 Å². The van der Waals surface area contributed by atoms with E-state index in [9.17, 15) is 4.79 Å². The van der Waals surface area contributed by atoms with Crippen molar-refractivity contribution in [2.24, 2.45) is 4.99 Å². The second-order valence-corrected chi connectivity index (χ2v) is 6.19. The molecule has 0 spiro atoms. The number of benzene rings is 1. The van der Waals surface area contributed by atoms with Crippen LogP contribution in [0.2, 0.25) is 0 Å². The fourth-order valence-electron chi connectivity index (χ4n) is 2.22. The lowest BCUT2D eigenvalue weighted by atomic mass is 10.1. The molecule has 0 aliphatic heterocycles. The molecule has 0 amide bonds. The summed E-state index contributed by atoms with van der Waals surface area (Å²) in [6.07, 6.45) is 0. The molecule has 134 valence electrons. The summed E-state index contributed by atoms with van der Waals surface area (Å²) in [5, 5.41) is 8.56. The van der Waals surface area contributed by atoms with E-state index in [1.165, 1.54) is 19.1 Å². The van der Waals surface area contributed by atoms with E-state index in [0.717, 1.165) is 24.6 Å². The summed E-state index contributed by atoms with van der Waals surface area (Å²) in [6.45, 7) is 3.95. The number of nitrogens with one attached hydrogen (secondary N) is 2.